The summed E-state index contributed by atoms with van der Waals surface area (Å²) in [6, 6.07) is 0. The van der Waals surface area contributed by atoms with Gasteiger partial charge in [-0.1, -0.05) is 6.08 Å². The van der Waals surface area contributed by atoms with Crippen LogP contribution in [0.5, 0.6) is 11.5 Å². The van der Waals surface area contributed by atoms with Crippen molar-refractivity contribution < 1.29 is 23.8 Å². The first kappa shape index (κ1) is 19.8. The molecular weight excluding hydrogens is 393 g/mol. The maximum absolute atomic E-state index is 13.3. The maximum Gasteiger partial charge on any atom is 0.266 e. The number of ether oxygens (including phenoxy) is 1. The van der Waals surface area contributed by atoms with Gasteiger partial charge in [-0.3, -0.25) is 23.9 Å². The Morgan fingerprint density at radius 3 is 2.83 bits per heavy atom. The van der Waals surface area contributed by atoms with Gasteiger partial charge in [0.15, 0.2) is 23.4 Å². The molecule has 2 aromatic rings. The van der Waals surface area contributed by atoms with Crippen molar-refractivity contribution in [2.75, 3.05) is 7.05 Å². The van der Waals surface area contributed by atoms with Crippen LogP contribution in [-0.4, -0.2) is 39.5 Å². The highest BCUT2D eigenvalue weighted by molar-refractivity contribution is 6.02. The van der Waals surface area contributed by atoms with Crippen LogP contribution in [0.4, 0.5) is 4.39 Å². The van der Waals surface area contributed by atoms with Crippen molar-refractivity contribution in [1.29, 1.82) is 0 Å². The minimum Gasteiger partial charge on any atom is -0.505 e. The Bertz CT molecular complexity index is 1200. The molecule has 1 amide bonds. The summed E-state index contributed by atoms with van der Waals surface area (Å²) in [7, 11) is 1.46. The van der Waals surface area contributed by atoms with E-state index >= 15 is 0 Å². The third-order valence-electron chi connectivity index (χ3n) is 5.40. The monoisotopic (exact) mass is 413 g/mol. The Kier molecular flexibility index (Phi) is 4.89. The van der Waals surface area contributed by atoms with Crippen LogP contribution >= 0.6 is 0 Å². The molecule has 0 radical (unpaired) electrons. The first-order valence-electron chi connectivity index (χ1n) is 9.52. The topological polar surface area (TPSA) is 111 Å². The predicted octanol–water partition coefficient (Wildman–Crippen LogP) is 1.78. The quantitative estimate of drug-likeness (QED) is 0.740. The van der Waals surface area contributed by atoms with Crippen molar-refractivity contribution >= 4 is 22.7 Å². The molecule has 2 N–H and O–H groups in total. The molecule has 3 heterocycles. The molecule has 2 aliphatic rings. The van der Waals surface area contributed by atoms with Gasteiger partial charge in [-0.25, -0.2) is 4.39 Å². The zero-order chi connectivity index (χ0) is 21.6. The molecule has 2 atom stereocenters. The number of amides is 1. The van der Waals surface area contributed by atoms with Crippen LogP contribution in [0.25, 0.3) is 11.0 Å². The highest BCUT2D eigenvalue weighted by Gasteiger charge is 2.33. The lowest BCUT2D eigenvalue weighted by Gasteiger charge is -2.29. The van der Waals surface area contributed by atoms with Crippen LogP contribution in [0.2, 0.25) is 0 Å². The van der Waals surface area contributed by atoms with E-state index in [2.05, 4.69) is 10.3 Å². The SMILES string of the molecule is CNC(=O)C1Cn2c(=O)c(C(C)=O)c(O)c3ncc(CC4C=CC(F)=CC4)c(c32)O1. The van der Waals surface area contributed by atoms with Crippen LogP contribution in [0, 0.1) is 5.92 Å². The van der Waals surface area contributed by atoms with Crippen LogP contribution in [-0.2, 0) is 17.8 Å². The Hall–Kier alpha value is -3.49. The number of likely N-dealkylation sites (N-methyl/N-ethyl adjacent to an activating group) is 1. The fraction of sp³-hybridized carbons (Fsp3) is 0.333. The molecule has 0 aromatic carbocycles. The number of hydrogen-bond donors (Lipinski definition) is 2. The van der Waals surface area contributed by atoms with Crippen molar-refractivity contribution in [3.8, 4) is 11.5 Å². The fourth-order valence-corrected chi connectivity index (χ4v) is 3.89. The number of carbonyl (C=O) groups excluding carboxylic acids is 2. The molecule has 0 spiro atoms. The van der Waals surface area contributed by atoms with Crippen LogP contribution < -0.4 is 15.6 Å². The highest BCUT2D eigenvalue weighted by atomic mass is 19.1. The number of Topliss-reactive ketones (excluding diaryl/α,β-unsaturated/α-hetero) is 1. The third kappa shape index (κ3) is 3.16. The van der Waals surface area contributed by atoms with Crippen molar-refractivity contribution in [3.63, 3.8) is 0 Å². The van der Waals surface area contributed by atoms with Crippen molar-refractivity contribution in [2.24, 2.45) is 5.92 Å². The van der Waals surface area contributed by atoms with E-state index in [9.17, 15) is 23.9 Å². The summed E-state index contributed by atoms with van der Waals surface area (Å²) in [4.78, 5) is 41.5. The van der Waals surface area contributed by atoms with Crippen molar-refractivity contribution in [3.05, 3.63) is 51.7 Å². The molecule has 2 aromatic heterocycles. The van der Waals surface area contributed by atoms with Gasteiger partial charge in [-0.15, -0.1) is 0 Å². The lowest BCUT2D eigenvalue weighted by atomic mass is 9.92. The third-order valence-corrected chi connectivity index (χ3v) is 5.40. The number of nitrogens with one attached hydrogen (secondary N) is 1. The minimum atomic E-state index is -0.992. The van der Waals surface area contributed by atoms with Gasteiger partial charge >= 0.3 is 0 Å². The predicted molar refractivity (Wildman–Crippen MR) is 106 cm³/mol. The largest absolute Gasteiger partial charge is 0.505 e. The highest BCUT2D eigenvalue weighted by Crippen LogP contribution is 2.38. The summed E-state index contributed by atoms with van der Waals surface area (Å²) in [6.45, 7) is 1.06. The molecule has 4 rings (SSSR count). The number of halogens is 1. The second-order valence-electron chi connectivity index (χ2n) is 7.37. The number of aromatic hydroxyl groups is 1. The zero-order valence-electron chi connectivity index (χ0n) is 16.4. The van der Waals surface area contributed by atoms with E-state index in [-0.39, 0.29) is 40.6 Å². The summed E-state index contributed by atoms with van der Waals surface area (Å²) in [5, 5.41) is 13.0. The average molecular weight is 413 g/mol. The number of ketones is 1. The summed E-state index contributed by atoms with van der Waals surface area (Å²) >= 11 is 0. The molecule has 8 nitrogen and oxygen atoms in total. The van der Waals surface area contributed by atoms with E-state index < -0.39 is 29.1 Å². The van der Waals surface area contributed by atoms with Crippen molar-refractivity contribution in [1.82, 2.24) is 14.9 Å². The van der Waals surface area contributed by atoms with E-state index in [0.29, 0.717) is 18.4 Å². The molecular formula is C21H20FN3O5. The van der Waals surface area contributed by atoms with Gasteiger partial charge in [0.1, 0.15) is 22.4 Å². The second kappa shape index (κ2) is 7.40. The second-order valence-corrected chi connectivity index (χ2v) is 7.37. The molecule has 156 valence electrons. The molecule has 2 unspecified atom stereocenters. The Morgan fingerprint density at radius 2 is 2.20 bits per heavy atom. The lowest BCUT2D eigenvalue weighted by molar-refractivity contribution is -0.128. The molecule has 30 heavy (non-hydrogen) atoms. The maximum atomic E-state index is 13.3. The molecule has 0 saturated heterocycles. The Balaban J connectivity index is 1.91. The summed E-state index contributed by atoms with van der Waals surface area (Å²) in [6.07, 6.45) is 6.04. The number of pyridine rings is 2. The van der Waals surface area contributed by atoms with Gasteiger partial charge in [0.2, 0.25) is 0 Å². The van der Waals surface area contributed by atoms with Crippen molar-refractivity contribution in [2.45, 2.75) is 32.4 Å². The number of rotatable bonds is 4. The van der Waals surface area contributed by atoms with Gasteiger partial charge in [-0.05, 0) is 37.8 Å². The summed E-state index contributed by atoms with van der Waals surface area (Å²) < 4.78 is 20.5. The summed E-state index contributed by atoms with van der Waals surface area (Å²) in [5.74, 6) is -1.59. The number of nitrogens with zero attached hydrogens (tertiary/aromatic N) is 2. The number of allylic oxidation sites excluding steroid dienone is 4. The first-order chi connectivity index (χ1) is 14.3. The standard InChI is InChI=1S/C21H20FN3O5/c1-10(26)15-18(27)16-17-19(30-14(20(28)23-2)9-25(17)21(15)29)12(8-24-16)7-11-3-5-13(22)6-4-11/h3,5-6,8,11,14,27H,4,7,9H2,1-2H3,(H,23,28). The smallest absolute Gasteiger partial charge is 0.266 e. The van der Waals surface area contributed by atoms with Crippen LogP contribution in [0.3, 0.4) is 0 Å². The van der Waals surface area contributed by atoms with Gasteiger partial charge in [0.05, 0.1) is 6.54 Å². The van der Waals surface area contributed by atoms with Gasteiger partial charge in [0, 0.05) is 18.8 Å². The van der Waals surface area contributed by atoms with E-state index in [4.69, 9.17) is 4.74 Å². The van der Waals surface area contributed by atoms with E-state index in [1.165, 1.54) is 36.9 Å². The normalized spacial score (nSPS) is 19.9. The number of hydrogen-bond acceptors (Lipinski definition) is 6. The summed E-state index contributed by atoms with van der Waals surface area (Å²) in [5.41, 5.74) is -0.167. The van der Waals surface area contributed by atoms with Crippen LogP contribution in [0.1, 0.15) is 29.3 Å². The fourth-order valence-electron chi connectivity index (χ4n) is 3.89. The van der Waals surface area contributed by atoms with Crippen LogP contribution in [0.15, 0.2) is 35.0 Å². The molecule has 1 aliphatic carbocycles. The van der Waals surface area contributed by atoms with E-state index in [0.717, 1.165) is 0 Å². The van der Waals surface area contributed by atoms with E-state index in [1.54, 1.807) is 6.08 Å². The first-order valence-corrected chi connectivity index (χ1v) is 9.52. The molecule has 0 saturated carbocycles. The van der Waals surface area contributed by atoms with Gasteiger partial charge < -0.3 is 15.2 Å². The Labute approximate surface area is 170 Å². The number of aromatic nitrogens is 2. The Morgan fingerprint density at radius 1 is 1.43 bits per heavy atom. The number of carbonyl (C=O) groups is 2. The molecule has 9 heteroatoms. The molecule has 0 fully saturated rings. The van der Waals surface area contributed by atoms with E-state index in [1.807, 2.05) is 0 Å². The average Bonchev–Trinajstić information content (AvgIpc) is 2.73. The van der Waals surface area contributed by atoms with Gasteiger partial charge in [-0.2, -0.15) is 0 Å². The molecule has 1 aliphatic heterocycles. The van der Waals surface area contributed by atoms with Gasteiger partial charge in [0.25, 0.3) is 11.5 Å². The minimum absolute atomic E-state index is 0.0192. The molecule has 0 bridgehead atoms. The zero-order valence-corrected chi connectivity index (χ0v) is 16.4. The lowest BCUT2D eigenvalue weighted by Crippen LogP contribution is -2.45.